The maximum atomic E-state index is 14.8. The predicted octanol–water partition coefficient (Wildman–Crippen LogP) is 7.45. The lowest BCUT2D eigenvalue weighted by molar-refractivity contribution is 0.481. The number of hydrogen-bond acceptors (Lipinski definition) is 1. The molecule has 3 aromatic rings. The van der Waals surface area contributed by atoms with E-state index in [1.165, 1.54) is 12.1 Å². The molecule has 0 fully saturated rings. The first-order chi connectivity index (χ1) is 13.5. The number of ether oxygens (including phenoxy) is 1. The van der Waals surface area contributed by atoms with Crippen LogP contribution in [0, 0.1) is 11.7 Å². The molecule has 1 atom stereocenters. The summed E-state index contributed by atoms with van der Waals surface area (Å²) in [5.41, 5.74) is 1.75. The van der Waals surface area contributed by atoms with Gasteiger partial charge in [-0.05, 0) is 59.5 Å². The average Bonchev–Trinajstić information content (AvgIpc) is 2.68. The average molecular weight is 378 g/mol. The summed E-state index contributed by atoms with van der Waals surface area (Å²) < 4.78 is 33.8. The monoisotopic (exact) mass is 378 g/mol. The van der Waals surface area contributed by atoms with Gasteiger partial charge in [-0.1, -0.05) is 56.3 Å². The van der Waals surface area contributed by atoms with E-state index in [1.54, 1.807) is 18.2 Å². The van der Waals surface area contributed by atoms with Gasteiger partial charge in [-0.2, -0.15) is 0 Å². The summed E-state index contributed by atoms with van der Waals surface area (Å²) in [7, 11) is 0. The number of allylic oxidation sites excluding steroid dienone is 2. The van der Waals surface area contributed by atoms with Crippen LogP contribution in [0.1, 0.15) is 30.9 Å². The Morgan fingerprint density at radius 2 is 1.57 bits per heavy atom. The molecule has 0 bridgehead atoms. The van der Waals surface area contributed by atoms with Crippen LogP contribution < -0.4 is 4.74 Å². The van der Waals surface area contributed by atoms with Crippen LogP contribution in [0.5, 0.6) is 11.5 Å². The van der Waals surface area contributed by atoms with Gasteiger partial charge in [0.1, 0.15) is 23.1 Å². The van der Waals surface area contributed by atoms with E-state index in [0.717, 1.165) is 16.9 Å². The van der Waals surface area contributed by atoms with Crippen molar-refractivity contribution in [3.63, 3.8) is 0 Å². The summed E-state index contributed by atoms with van der Waals surface area (Å²) in [6.45, 7) is 4.07. The Balaban J connectivity index is 1.74. The molecule has 0 aromatic heterocycles. The van der Waals surface area contributed by atoms with Crippen molar-refractivity contribution in [3.8, 4) is 11.5 Å². The van der Waals surface area contributed by atoms with Gasteiger partial charge in [0.15, 0.2) is 0 Å². The molecule has 0 aliphatic carbocycles. The number of para-hydroxylation sites is 1. The van der Waals surface area contributed by atoms with Gasteiger partial charge in [-0.15, -0.1) is 0 Å². The van der Waals surface area contributed by atoms with Gasteiger partial charge in [-0.3, -0.25) is 0 Å². The first kappa shape index (κ1) is 19.8. The Morgan fingerprint density at radius 1 is 0.893 bits per heavy atom. The van der Waals surface area contributed by atoms with Gasteiger partial charge in [0.05, 0.1) is 0 Å². The highest BCUT2D eigenvalue weighted by Crippen LogP contribution is 2.29. The van der Waals surface area contributed by atoms with E-state index in [4.69, 9.17) is 4.74 Å². The van der Waals surface area contributed by atoms with Gasteiger partial charge in [0.2, 0.25) is 0 Å². The summed E-state index contributed by atoms with van der Waals surface area (Å²) in [6, 6.07) is 23.2. The van der Waals surface area contributed by atoms with Gasteiger partial charge in [-0.25, -0.2) is 8.78 Å². The molecular weight excluding hydrogens is 354 g/mol. The Bertz CT molecular complexity index is 915. The zero-order valence-electron chi connectivity index (χ0n) is 16.1. The zero-order chi connectivity index (χ0) is 19.9. The van der Waals surface area contributed by atoms with E-state index in [-0.39, 0.29) is 29.9 Å². The summed E-state index contributed by atoms with van der Waals surface area (Å²) >= 11 is 0. The lowest BCUT2D eigenvalue weighted by Gasteiger charge is -2.18. The van der Waals surface area contributed by atoms with Gasteiger partial charge >= 0.3 is 0 Å². The molecule has 3 aromatic carbocycles. The Hall–Kier alpha value is -2.94. The standard InChI is InChI=1S/C25H24F2O/c1-18(2)25(20-11-13-21(26)14-12-20)17-22(27)15-19-7-6-10-24(16-19)28-23-8-4-3-5-9-23/h3-14,16-18,25H,15H2,1-2H3/b22-17-. The molecule has 0 amide bonds. The van der Waals surface area contributed by atoms with E-state index in [2.05, 4.69) is 0 Å². The second-order valence-corrected chi connectivity index (χ2v) is 7.17. The summed E-state index contributed by atoms with van der Waals surface area (Å²) in [6.07, 6.45) is 1.83. The van der Waals surface area contributed by atoms with Gasteiger partial charge in [0.25, 0.3) is 0 Å². The van der Waals surface area contributed by atoms with Crippen LogP contribution in [0.3, 0.4) is 0 Å². The number of halogens is 2. The molecule has 1 unspecified atom stereocenters. The minimum absolute atomic E-state index is 0.107. The molecule has 0 aliphatic rings. The molecule has 0 aliphatic heterocycles. The minimum atomic E-state index is -0.286. The second kappa shape index (κ2) is 9.32. The van der Waals surface area contributed by atoms with Crippen molar-refractivity contribution >= 4 is 0 Å². The third-order valence-corrected chi connectivity index (χ3v) is 4.58. The maximum Gasteiger partial charge on any atom is 0.127 e. The van der Waals surface area contributed by atoms with Crippen molar-refractivity contribution in [2.75, 3.05) is 0 Å². The fourth-order valence-electron chi connectivity index (χ4n) is 3.15. The maximum absolute atomic E-state index is 14.8. The van der Waals surface area contributed by atoms with Crippen molar-refractivity contribution in [1.29, 1.82) is 0 Å². The van der Waals surface area contributed by atoms with Crippen LogP contribution in [0.15, 0.2) is 90.8 Å². The molecule has 0 saturated heterocycles. The highest BCUT2D eigenvalue weighted by Gasteiger charge is 2.15. The van der Waals surface area contributed by atoms with E-state index >= 15 is 0 Å². The van der Waals surface area contributed by atoms with Crippen LogP contribution >= 0.6 is 0 Å². The van der Waals surface area contributed by atoms with Crippen molar-refractivity contribution < 1.29 is 13.5 Å². The van der Waals surface area contributed by atoms with Gasteiger partial charge < -0.3 is 4.74 Å². The van der Waals surface area contributed by atoms with E-state index in [1.807, 2.05) is 68.4 Å². The van der Waals surface area contributed by atoms with Crippen molar-refractivity contribution in [2.45, 2.75) is 26.2 Å². The van der Waals surface area contributed by atoms with Crippen LogP contribution in [-0.2, 0) is 6.42 Å². The smallest absolute Gasteiger partial charge is 0.127 e. The van der Waals surface area contributed by atoms with Gasteiger partial charge in [0, 0.05) is 12.3 Å². The Morgan fingerprint density at radius 3 is 2.25 bits per heavy atom. The van der Waals surface area contributed by atoms with Crippen molar-refractivity contribution in [3.05, 3.63) is 108 Å². The molecule has 28 heavy (non-hydrogen) atoms. The lowest BCUT2D eigenvalue weighted by atomic mass is 9.87. The highest BCUT2D eigenvalue weighted by molar-refractivity contribution is 5.35. The zero-order valence-corrected chi connectivity index (χ0v) is 16.1. The molecule has 144 valence electrons. The van der Waals surface area contributed by atoms with Crippen LogP contribution in [0.4, 0.5) is 8.78 Å². The van der Waals surface area contributed by atoms with Crippen molar-refractivity contribution in [2.24, 2.45) is 5.92 Å². The molecular formula is C25H24F2O. The largest absolute Gasteiger partial charge is 0.457 e. The summed E-state index contributed by atoms with van der Waals surface area (Å²) in [5, 5.41) is 0. The first-order valence-corrected chi connectivity index (χ1v) is 9.45. The molecule has 0 heterocycles. The summed E-state index contributed by atoms with van der Waals surface area (Å²) in [5.74, 6) is 1.02. The number of rotatable bonds is 7. The second-order valence-electron chi connectivity index (χ2n) is 7.17. The predicted molar refractivity (Wildman–Crippen MR) is 110 cm³/mol. The fourth-order valence-corrected chi connectivity index (χ4v) is 3.15. The molecule has 0 radical (unpaired) electrons. The Kier molecular flexibility index (Phi) is 6.59. The number of benzene rings is 3. The van der Waals surface area contributed by atoms with E-state index in [9.17, 15) is 8.78 Å². The van der Waals surface area contributed by atoms with E-state index in [0.29, 0.717) is 5.75 Å². The normalized spacial score (nSPS) is 12.8. The molecule has 0 saturated carbocycles. The fraction of sp³-hybridized carbons (Fsp3) is 0.200. The summed E-state index contributed by atoms with van der Waals surface area (Å²) in [4.78, 5) is 0. The third-order valence-electron chi connectivity index (χ3n) is 4.58. The first-order valence-electron chi connectivity index (χ1n) is 9.45. The van der Waals surface area contributed by atoms with Crippen LogP contribution in [0.2, 0.25) is 0 Å². The number of hydrogen-bond donors (Lipinski definition) is 0. The van der Waals surface area contributed by atoms with Crippen LogP contribution in [0.25, 0.3) is 0 Å². The highest BCUT2D eigenvalue weighted by atomic mass is 19.1. The van der Waals surface area contributed by atoms with Crippen LogP contribution in [-0.4, -0.2) is 0 Å². The molecule has 0 spiro atoms. The molecule has 3 heteroatoms. The molecule has 1 nitrogen and oxygen atoms in total. The van der Waals surface area contributed by atoms with Crippen molar-refractivity contribution in [1.82, 2.24) is 0 Å². The SMILES string of the molecule is CC(C)C(/C=C(\F)Cc1cccc(Oc2ccccc2)c1)c1ccc(F)cc1. The Labute approximate surface area is 165 Å². The van der Waals surface area contributed by atoms with E-state index < -0.39 is 0 Å². The minimum Gasteiger partial charge on any atom is -0.457 e. The third kappa shape index (κ3) is 5.53. The topological polar surface area (TPSA) is 9.23 Å². The lowest BCUT2D eigenvalue weighted by Crippen LogP contribution is -2.05. The quantitative estimate of drug-likeness (QED) is 0.415. The molecule has 3 rings (SSSR count). The molecule has 0 N–H and O–H groups in total.